The molecule has 0 aromatic heterocycles. The van der Waals surface area contributed by atoms with Crippen molar-refractivity contribution in [2.45, 2.75) is 33.6 Å². The van der Waals surface area contributed by atoms with Crippen molar-refractivity contribution in [3.8, 4) is 0 Å². The second kappa shape index (κ2) is 3.95. The number of hydrogen-bond donors (Lipinski definition) is 0. The summed E-state index contributed by atoms with van der Waals surface area (Å²) in [6, 6.07) is 0. The first-order chi connectivity index (χ1) is 6.47. The maximum absolute atomic E-state index is 11.4. The molecular weight excluding hydrogens is 172 g/mol. The van der Waals surface area contributed by atoms with Gasteiger partial charge in [0.05, 0.1) is 0 Å². The molecule has 0 amide bonds. The Labute approximate surface area is 86.2 Å². The van der Waals surface area contributed by atoms with Crippen LogP contribution in [0.2, 0.25) is 0 Å². The maximum atomic E-state index is 11.4. The topological polar surface area (TPSA) is 17.1 Å². The van der Waals surface area contributed by atoms with Gasteiger partial charge in [0.2, 0.25) is 0 Å². The van der Waals surface area contributed by atoms with Gasteiger partial charge in [0.25, 0.3) is 0 Å². The van der Waals surface area contributed by atoms with Crippen molar-refractivity contribution in [3.63, 3.8) is 0 Å². The minimum absolute atomic E-state index is 0.0150. The van der Waals surface area contributed by atoms with Crippen LogP contribution < -0.4 is 0 Å². The molecule has 76 valence electrons. The summed E-state index contributed by atoms with van der Waals surface area (Å²) in [7, 11) is 0. The van der Waals surface area contributed by atoms with Gasteiger partial charge < -0.3 is 0 Å². The number of hydrogen-bond acceptors (Lipinski definition) is 1. The van der Waals surface area contributed by atoms with E-state index in [2.05, 4.69) is 26.5 Å². The molecule has 1 aliphatic carbocycles. The zero-order chi connectivity index (χ0) is 10.8. The third kappa shape index (κ3) is 2.22. The molecule has 0 aromatic rings. The van der Waals surface area contributed by atoms with Crippen LogP contribution in [0.25, 0.3) is 0 Å². The normalized spacial score (nSPS) is 23.5. The first kappa shape index (κ1) is 11.0. The average Bonchev–Trinajstić information content (AvgIpc) is 2.00. The quantitative estimate of drug-likeness (QED) is 0.610. The third-order valence-corrected chi connectivity index (χ3v) is 2.64. The fourth-order valence-electron chi connectivity index (χ4n) is 2.07. The minimum Gasteiger partial charge on any atom is -0.295 e. The van der Waals surface area contributed by atoms with E-state index in [0.29, 0.717) is 6.42 Å². The highest BCUT2D eigenvalue weighted by molar-refractivity contribution is 5.93. The van der Waals surface area contributed by atoms with Crippen molar-refractivity contribution >= 4 is 5.78 Å². The molecule has 14 heavy (non-hydrogen) atoms. The number of rotatable bonds is 2. The minimum atomic E-state index is -0.0150. The summed E-state index contributed by atoms with van der Waals surface area (Å²) in [6.45, 7) is 9.95. The molecule has 0 heterocycles. The first-order valence-corrected chi connectivity index (χ1v) is 5.00. The smallest absolute Gasteiger partial charge is 0.156 e. The molecule has 1 heteroatoms. The van der Waals surface area contributed by atoms with Gasteiger partial charge in [-0.05, 0) is 36.0 Å². The lowest BCUT2D eigenvalue weighted by Crippen LogP contribution is -2.24. The predicted octanol–water partition coefficient (Wildman–Crippen LogP) is 3.43. The van der Waals surface area contributed by atoms with Crippen LogP contribution in [-0.2, 0) is 4.79 Å². The second-order valence-corrected chi connectivity index (χ2v) is 4.50. The van der Waals surface area contributed by atoms with Crippen LogP contribution in [0.1, 0.15) is 33.6 Å². The Hall–Kier alpha value is -1.11. The fourth-order valence-corrected chi connectivity index (χ4v) is 2.07. The molecule has 0 saturated carbocycles. The van der Waals surface area contributed by atoms with Crippen LogP contribution in [0.15, 0.2) is 36.0 Å². The predicted molar refractivity (Wildman–Crippen MR) is 60.1 cm³/mol. The largest absolute Gasteiger partial charge is 0.295 e. The summed E-state index contributed by atoms with van der Waals surface area (Å²) in [4.78, 5) is 11.4. The van der Waals surface area contributed by atoms with E-state index in [1.807, 2.05) is 13.0 Å². The highest BCUT2D eigenvalue weighted by Gasteiger charge is 2.30. The van der Waals surface area contributed by atoms with Crippen molar-refractivity contribution < 1.29 is 4.79 Å². The van der Waals surface area contributed by atoms with E-state index in [9.17, 15) is 4.79 Å². The lowest BCUT2D eigenvalue weighted by atomic mass is 9.72. The molecule has 0 unspecified atom stereocenters. The molecule has 0 aromatic carbocycles. The molecule has 0 saturated heterocycles. The summed E-state index contributed by atoms with van der Waals surface area (Å²) in [5, 5.41) is 0. The van der Waals surface area contributed by atoms with Gasteiger partial charge in [0, 0.05) is 6.42 Å². The molecule has 0 fully saturated rings. The van der Waals surface area contributed by atoms with Crippen LogP contribution >= 0.6 is 0 Å². The van der Waals surface area contributed by atoms with Gasteiger partial charge in [0.1, 0.15) is 0 Å². The van der Waals surface area contributed by atoms with Crippen LogP contribution in [0.4, 0.5) is 0 Å². The fraction of sp³-hybridized carbons (Fsp3) is 0.462. The Balaban J connectivity index is 3.06. The maximum Gasteiger partial charge on any atom is 0.156 e. The van der Waals surface area contributed by atoms with E-state index >= 15 is 0 Å². The SMILES string of the molecule is C=CCC=C1C(C)=CC(=O)CC1(C)C. The summed E-state index contributed by atoms with van der Waals surface area (Å²) in [5.74, 6) is 0.239. The van der Waals surface area contributed by atoms with E-state index in [4.69, 9.17) is 0 Å². The Morgan fingerprint density at radius 3 is 2.71 bits per heavy atom. The molecule has 0 bridgehead atoms. The summed E-state index contributed by atoms with van der Waals surface area (Å²) in [6.07, 6.45) is 7.30. The molecule has 0 aliphatic heterocycles. The van der Waals surface area contributed by atoms with Crippen molar-refractivity contribution in [2.24, 2.45) is 5.41 Å². The van der Waals surface area contributed by atoms with E-state index in [-0.39, 0.29) is 11.2 Å². The lowest BCUT2D eigenvalue weighted by molar-refractivity contribution is -0.116. The van der Waals surface area contributed by atoms with Crippen LogP contribution in [0.5, 0.6) is 0 Å². The van der Waals surface area contributed by atoms with Crippen molar-refractivity contribution in [3.05, 3.63) is 36.0 Å². The molecule has 1 nitrogen and oxygen atoms in total. The van der Waals surface area contributed by atoms with Crippen LogP contribution in [0.3, 0.4) is 0 Å². The van der Waals surface area contributed by atoms with E-state index in [1.165, 1.54) is 5.57 Å². The number of ketones is 1. The summed E-state index contributed by atoms with van der Waals surface area (Å²) >= 11 is 0. The van der Waals surface area contributed by atoms with Crippen molar-refractivity contribution in [1.82, 2.24) is 0 Å². The Bertz CT molecular complexity index is 316. The van der Waals surface area contributed by atoms with Gasteiger partial charge in [-0.1, -0.05) is 26.0 Å². The van der Waals surface area contributed by atoms with Crippen molar-refractivity contribution in [1.29, 1.82) is 0 Å². The molecule has 0 radical (unpaired) electrons. The van der Waals surface area contributed by atoms with Crippen LogP contribution in [0, 0.1) is 5.41 Å². The van der Waals surface area contributed by atoms with Gasteiger partial charge in [-0.3, -0.25) is 4.79 Å². The lowest BCUT2D eigenvalue weighted by Gasteiger charge is -2.31. The van der Waals surface area contributed by atoms with Crippen LogP contribution in [-0.4, -0.2) is 5.78 Å². The third-order valence-electron chi connectivity index (χ3n) is 2.64. The van der Waals surface area contributed by atoms with Gasteiger partial charge in [-0.15, -0.1) is 6.58 Å². The standard InChI is InChI=1S/C13H18O/c1-5-6-7-12-10(2)8-11(14)9-13(12,3)4/h5,7-8H,1,6,9H2,2-4H3. The van der Waals surface area contributed by atoms with Gasteiger partial charge in [-0.2, -0.15) is 0 Å². The van der Waals surface area contributed by atoms with E-state index in [1.54, 1.807) is 6.08 Å². The Morgan fingerprint density at radius 2 is 2.21 bits per heavy atom. The van der Waals surface area contributed by atoms with E-state index < -0.39 is 0 Å². The number of allylic oxidation sites excluding steroid dienone is 5. The molecule has 0 spiro atoms. The van der Waals surface area contributed by atoms with Crippen molar-refractivity contribution in [2.75, 3.05) is 0 Å². The molecule has 1 rings (SSSR count). The summed E-state index contributed by atoms with van der Waals surface area (Å²) < 4.78 is 0. The Kier molecular flexibility index (Phi) is 3.10. The first-order valence-electron chi connectivity index (χ1n) is 5.00. The zero-order valence-corrected chi connectivity index (χ0v) is 9.26. The van der Waals surface area contributed by atoms with E-state index in [0.717, 1.165) is 12.0 Å². The molecule has 1 aliphatic rings. The number of carbonyl (C=O) groups is 1. The molecular formula is C13H18O. The highest BCUT2D eigenvalue weighted by atomic mass is 16.1. The zero-order valence-electron chi connectivity index (χ0n) is 9.26. The monoisotopic (exact) mass is 190 g/mol. The Morgan fingerprint density at radius 1 is 1.57 bits per heavy atom. The van der Waals surface area contributed by atoms with Gasteiger partial charge in [0.15, 0.2) is 5.78 Å². The molecule has 0 N–H and O–H groups in total. The second-order valence-electron chi connectivity index (χ2n) is 4.50. The van der Waals surface area contributed by atoms with Gasteiger partial charge in [-0.25, -0.2) is 0 Å². The highest BCUT2D eigenvalue weighted by Crippen LogP contribution is 2.39. The molecule has 0 atom stereocenters. The average molecular weight is 190 g/mol. The number of carbonyl (C=O) groups excluding carboxylic acids is 1. The van der Waals surface area contributed by atoms with Gasteiger partial charge >= 0.3 is 0 Å². The summed E-state index contributed by atoms with van der Waals surface area (Å²) in [5.41, 5.74) is 2.38.